The molecule has 7 heteroatoms. The van der Waals surface area contributed by atoms with E-state index in [1.54, 1.807) is 25.3 Å². The van der Waals surface area contributed by atoms with E-state index in [2.05, 4.69) is 5.32 Å². The molecule has 0 heterocycles. The van der Waals surface area contributed by atoms with Gasteiger partial charge in [0.05, 0.1) is 7.11 Å². The molecule has 2 aromatic carbocycles. The molecule has 0 aromatic heterocycles. The predicted octanol–water partition coefficient (Wildman–Crippen LogP) is 4.51. The maximum absolute atomic E-state index is 12.2. The Bertz CT molecular complexity index is 775. The Morgan fingerprint density at radius 3 is 2.42 bits per heavy atom. The highest BCUT2D eigenvalue weighted by Crippen LogP contribution is 2.23. The lowest BCUT2D eigenvalue weighted by molar-refractivity contribution is -0.153. The van der Waals surface area contributed by atoms with Gasteiger partial charge < -0.3 is 14.8 Å². The molecule has 0 fully saturated rings. The lowest BCUT2D eigenvalue weighted by atomic mass is 10.1. The lowest BCUT2D eigenvalue weighted by Gasteiger charge is -2.14. The van der Waals surface area contributed by atoms with Gasteiger partial charge in [0.15, 0.2) is 6.10 Å². The SMILES string of the molecule is COc1ccccc1CCC(=O)O[C@@H](C)C(=O)Nc1cc(Cl)cc(Cl)c1. The van der Waals surface area contributed by atoms with Crippen LogP contribution in [0.15, 0.2) is 42.5 Å². The highest BCUT2D eigenvalue weighted by atomic mass is 35.5. The van der Waals surface area contributed by atoms with E-state index in [-0.39, 0.29) is 6.42 Å². The summed E-state index contributed by atoms with van der Waals surface area (Å²) in [7, 11) is 1.58. The Kier molecular flexibility index (Phi) is 7.30. The lowest BCUT2D eigenvalue weighted by Crippen LogP contribution is -2.30. The Morgan fingerprint density at radius 2 is 1.77 bits per heavy atom. The molecule has 1 N–H and O–H groups in total. The van der Waals surface area contributed by atoms with Crippen molar-refractivity contribution in [3.63, 3.8) is 0 Å². The topological polar surface area (TPSA) is 64.6 Å². The average molecular weight is 396 g/mol. The van der Waals surface area contributed by atoms with Crippen LogP contribution in [0.4, 0.5) is 5.69 Å². The van der Waals surface area contributed by atoms with E-state index >= 15 is 0 Å². The number of para-hydroxylation sites is 1. The Balaban J connectivity index is 1.86. The standard InChI is InChI=1S/C19H19Cl2NO4/c1-12(19(24)22-16-10-14(20)9-15(21)11-16)26-18(23)8-7-13-5-3-4-6-17(13)25-2/h3-6,9-12H,7-8H2,1-2H3,(H,22,24)/t12-/m0/s1. The van der Waals surface area contributed by atoms with Crippen molar-refractivity contribution >= 4 is 40.8 Å². The number of hydrogen-bond donors (Lipinski definition) is 1. The van der Waals surface area contributed by atoms with Crippen LogP contribution in [-0.4, -0.2) is 25.1 Å². The van der Waals surface area contributed by atoms with Crippen LogP contribution in [0.2, 0.25) is 10.0 Å². The molecule has 2 aromatic rings. The first-order chi connectivity index (χ1) is 12.4. The van der Waals surface area contributed by atoms with E-state index in [1.165, 1.54) is 6.92 Å². The van der Waals surface area contributed by atoms with Crippen molar-refractivity contribution in [1.82, 2.24) is 0 Å². The summed E-state index contributed by atoms with van der Waals surface area (Å²) in [6.45, 7) is 1.50. The van der Waals surface area contributed by atoms with Gasteiger partial charge in [-0.25, -0.2) is 0 Å². The van der Waals surface area contributed by atoms with Crippen molar-refractivity contribution in [2.75, 3.05) is 12.4 Å². The van der Waals surface area contributed by atoms with E-state index in [4.69, 9.17) is 32.7 Å². The minimum atomic E-state index is -0.946. The number of ether oxygens (including phenoxy) is 2. The first kappa shape index (κ1) is 20.1. The monoisotopic (exact) mass is 395 g/mol. The van der Waals surface area contributed by atoms with Crippen LogP contribution in [0.1, 0.15) is 18.9 Å². The zero-order valence-corrected chi connectivity index (χ0v) is 15.9. The number of anilines is 1. The Labute approximate surface area is 162 Å². The molecular weight excluding hydrogens is 377 g/mol. The summed E-state index contributed by atoms with van der Waals surface area (Å²) in [5.74, 6) is -0.222. The van der Waals surface area contributed by atoms with Crippen LogP contribution in [0.25, 0.3) is 0 Å². The number of carbonyl (C=O) groups is 2. The van der Waals surface area contributed by atoms with Crippen molar-refractivity contribution in [2.45, 2.75) is 25.9 Å². The zero-order valence-electron chi connectivity index (χ0n) is 14.4. The number of carbonyl (C=O) groups excluding carboxylic acids is 2. The molecule has 0 bridgehead atoms. The molecule has 0 radical (unpaired) electrons. The van der Waals surface area contributed by atoms with Gasteiger partial charge in [-0.05, 0) is 43.2 Å². The minimum absolute atomic E-state index is 0.140. The molecule has 2 rings (SSSR count). The number of methoxy groups -OCH3 is 1. The number of rotatable bonds is 7. The Hall–Kier alpha value is -2.24. The van der Waals surface area contributed by atoms with Gasteiger partial charge in [0.1, 0.15) is 5.75 Å². The van der Waals surface area contributed by atoms with Gasteiger partial charge in [0, 0.05) is 22.2 Å². The molecule has 26 heavy (non-hydrogen) atoms. The maximum atomic E-state index is 12.2. The molecule has 5 nitrogen and oxygen atoms in total. The third-order valence-electron chi connectivity index (χ3n) is 3.60. The summed E-state index contributed by atoms with van der Waals surface area (Å²) in [6, 6.07) is 12.1. The van der Waals surface area contributed by atoms with E-state index in [9.17, 15) is 9.59 Å². The number of esters is 1. The van der Waals surface area contributed by atoms with Crippen LogP contribution in [-0.2, 0) is 20.7 Å². The van der Waals surface area contributed by atoms with E-state index in [0.29, 0.717) is 27.9 Å². The predicted molar refractivity (Wildman–Crippen MR) is 102 cm³/mol. The summed E-state index contributed by atoms with van der Waals surface area (Å²) in [5.41, 5.74) is 1.34. The highest BCUT2D eigenvalue weighted by molar-refractivity contribution is 6.35. The summed E-state index contributed by atoms with van der Waals surface area (Å²) in [6.07, 6.45) is -0.347. The molecule has 0 unspecified atom stereocenters. The van der Waals surface area contributed by atoms with Gasteiger partial charge >= 0.3 is 5.97 Å². The molecule has 0 aliphatic rings. The molecule has 0 saturated carbocycles. The number of hydrogen-bond acceptors (Lipinski definition) is 4. The quantitative estimate of drug-likeness (QED) is 0.700. The first-order valence-electron chi connectivity index (χ1n) is 7.97. The summed E-state index contributed by atoms with van der Waals surface area (Å²) in [5, 5.41) is 3.41. The molecule has 0 saturated heterocycles. The van der Waals surface area contributed by atoms with Crippen molar-refractivity contribution in [1.29, 1.82) is 0 Å². The van der Waals surface area contributed by atoms with E-state index < -0.39 is 18.0 Å². The fourth-order valence-corrected chi connectivity index (χ4v) is 2.85. The molecule has 138 valence electrons. The van der Waals surface area contributed by atoms with Gasteiger partial charge in [-0.2, -0.15) is 0 Å². The van der Waals surface area contributed by atoms with Gasteiger partial charge in [0.2, 0.25) is 0 Å². The smallest absolute Gasteiger partial charge is 0.306 e. The van der Waals surface area contributed by atoms with Crippen molar-refractivity contribution in [3.05, 3.63) is 58.1 Å². The van der Waals surface area contributed by atoms with Crippen molar-refractivity contribution in [3.8, 4) is 5.75 Å². The molecule has 1 amide bonds. The third kappa shape index (κ3) is 5.93. The second-order valence-electron chi connectivity index (χ2n) is 5.59. The second kappa shape index (κ2) is 9.46. The molecule has 1 atom stereocenters. The maximum Gasteiger partial charge on any atom is 0.306 e. The molecule has 0 spiro atoms. The third-order valence-corrected chi connectivity index (χ3v) is 4.03. The second-order valence-corrected chi connectivity index (χ2v) is 6.46. The number of halogens is 2. The number of aryl methyl sites for hydroxylation is 1. The first-order valence-corrected chi connectivity index (χ1v) is 8.73. The van der Waals surface area contributed by atoms with Crippen LogP contribution in [0.5, 0.6) is 5.75 Å². The zero-order chi connectivity index (χ0) is 19.1. The van der Waals surface area contributed by atoms with Crippen molar-refractivity contribution in [2.24, 2.45) is 0 Å². The van der Waals surface area contributed by atoms with Crippen LogP contribution in [0, 0.1) is 0 Å². The fourth-order valence-electron chi connectivity index (χ4n) is 2.33. The minimum Gasteiger partial charge on any atom is -0.496 e. The Morgan fingerprint density at radius 1 is 1.12 bits per heavy atom. The van der Waals surface area contributed by atoms with E-state index in [1.807, 2.05) is 24.3 Å². The van der Waals surface area contributed by atoms with Gasteiger partial charge in [0.25, 0.3) is 5.91 Å². The summed E-state index contributed by atoms with van der Waals surface area (Å²) in [4.78, 5) is 24.2. The molecular formula is C19H19Cl2NO4. The summed E-state index contributed by atoms with van der Waals surface area (Å²) < 4.78 is 10.4. The van der Waals surface area contributed by atoms with Gasteiger partial charge in [-0.3, -0.25) is 9.59 Å². The van der Waals surface area contributed by atoms with E-state index in [0.717, 1.165) is 5.56 Å². The fraction of sp³-hybridized carbons (Fsp3) is 0.263. The number of nitrogens with one attached hydrogen (secondary N) is 1. The number of amides is 1. The normalized spacial score (nSPS) is 11.5. The number of benzene rings is 2. The van der Waals surface area contributed by atoms with Gasteiger partial charge in [-0.1, -0.05) is 41.4 Å². The summed E-state index contributed by atoms with van der Waals surface area (Å²) >= 11 is 11.8. The molecule has 0 aliphatic heterocycles. The average Bonchev–Trinajstić information content (AvgIpc) is 2.59. The van der Waals surface area contributed by atoms with Crippen LogP contribution >= 0.6 is 23.2 Å². The van der Waals surface area contributed by atoms with Crippen LogP contribution in [0.3, 0.4) is 0 Å². The van der Waals surface area contributed by atoms with Crippen molar-refractivity contribution < 1.29 is 19.1 Å². The van der Waals surface area contributed by atoms with Gasteiger partial charge in [-0.15, -0.1) is 0 Å². The van der Waals surface area contributed by atoms with Crippen LogP contribution < -0.4 is 10.1 Å². The largest absolute Gasteiger partial charge is 0.496 e. The highest BCUT2D eigenvalue weighted by Gasteiger charge is 2.18. The molecule has 0 aliphatic carbocycles.